The van der Waals surface area contributed by atoms with Crippen molar-refractivity contribution in [1.82, 2.24) is 0 Å². The Morgan fingerprint density at radius 1 is 1.50 bits per heavy atom. The zero-order chi connectivity index (χ0) is 8.97. The molecule has 0 aromatic heterocycles. The summed E-state index contributed by atoms with van der Waals surface area (Å²) in [4.78, 5) is 0. The highest BCUT2D eigenvalue weighted by Crippen LogP contribution is 2.24. The molecule has 1 unspecified atom stereocenters. The van der Waals surface area contributed by atoms with Crippen molar-refractivity contribution in [2.45, 2.75) is 45.1 Å². The second kappa shape index (κ2) is 4.27. The Morgan fingerprint density at radius 3 is 2.92 bits per heavy atom. The maximum absolute atomic E-state index is 9.36. The minimum atomic E-state index is -0.144. The lowest BCUT2D eigenvalue weighted by Crippen LogP contribution is -2.02. The molecule has 0 bridgehead atoms. The summed E-state index contributed by atoms with van der Waals surface area (Å²) in [6.07, 6.45) is 4.50. The third-order valence-corrected chi connectivity index (χ3v) is 2.49. The number of hydrogen-bond acceptors (Lipinski definition) is 2. The fraction of sp³-hybridized carbons (Fsp3) is 0.700. The third kappa shape index (κ3) is 2.35. The number of hydrogen-bond donors (Lipinski definition) is 1. The van der Waals surface area contributed by atoms with Gasteiger partial charge in [0, 0.05) is 5.57 Å². The van der Waals surface area contributed by atoms with E-state index in [2.05, 4.69) is 6.07 Å². The van der Waals surface area contributed by atoms with Crippen LogP contribution < -0.4 is 0 Å². The second-order valence-corrected chi connectivity index (χ2v) is 3.43. The summed E-state index contributed by atoms with van der Waals surface area (Å²) in [7, 11) is 0. The van der Waals surface area contributed by atoms with E-state index in [1.54, 1.807) is 0 Å². The lowest BCUT2D eigenvalue weighted by molar-refractivity contribution is 0.158. The van der Waals surface area contributed by atoms with Crippen LogP contribution in [0.15, 0.2) is 11.1 Å². The molecule has 1 saturated carbocycles. The molecule has 0 radical (unpaired) electrons. The number of allylic oxidation sites excluding steroid dienone is 2. The Morgan fingerprint density at radius 2 is 2.25 bits per heavy atom. The van der Waals surface area contributed by atoms with Gasteiger partial charge in [-0.1, -0.05) is 5.57 Å². The van der Waals surface area contributed by atoms with Crippen molar-refractivity contribution in [2.75, 3.05) is 0 Å². The highest BCUT2D eigenvalue weighted by atomic mass is 16.3. The first kappa shape index (κ1) is 9.28. The summed E-state index contributed by atoms with van der Waals surface area (Å²) in [6, 6.07) is 2.18. The van der Waals surface area contributed by atoms with E-state index in [9.17, 15) is 5.11 Å². The molecular weight excluding hydrogens is 150 g/mol. The molecule has 2 heteroatoms. The van der Waals surface area contributed by atoms with Crippen LogP contribution in [-0.2, 0) is 0 Å². The zero-order valence-electron chi connectivity index (χ0n) is 7.51. The molecule has 1 rings (SSSR count). The van der Waals surface area contributed by atoms with Crippen LogP contribution in [0, 0.1) is 11.3 Å². The van der Waals surface area contributed by atoms with Crippen molar-refractivity contribution < 1.29 is 5.11 Å². The zero-order valence-corrected chi connectivity index (χ0v) is 7.51. The molecule has 0 spiro atoms. The maximum Gasteiger partial charge on any atom is 0.0943 e. The summed E-state index contributed by atoms with van der Waals surface area (Å²) in [5, 5.41) is 18.0. The molecule has 0 aromatic carbocycles. The Balaban J connectivity index is 2.64. The van der Waals surface area contributed by atoms with Gasteiger partial charge in [0.1, 0.15) is 0 Å². The first-order valence-corrected chi connectivity index (χ1v) is 4.51. The molecule has 0 heterocycles. The maximum atomic E-state index is 9.36. The summed E-state index contributed by atoms with van der Waals surface area (Å²) < 4.78 is 0. The largest absolute Gasteiger partial charge is 0.393 e. The highest BCUT2D eigenvalue weighted by molar-refractivity contribution is 5.25. The molecule has 1 fully saturated rings. The third-order valence-electron chi connectivity index (χ3n) is 2.49. The average Bonchev–Trinajstić information content (AvgIpc) is 2.29. The number of aliphatic hydroxyl groups excluding tert-OH is 1. The molecule has 2 nitrogen and oxygen atoms in total. The number of rotatable bonds is 0. The van der Waals surface area contributed by atoms with Crippen molar-refractivity contribution in [3.63, 3.8) is 0 Å². The van der Waals surface area contributed by atoms with Crippen LogP contribution in [0.2, 0.25) is 0 Å². The van der Waals surface area contributed by atoms with E-state index in [-0.39, 0.29) is 6.10 Å². The van der Waals surface area contributed by atoms with Gasteiger partial charge >= 0.3 is 0 Å². The fourth-order valence-corrected chi connectivity index (χ4v) is 1.62. The van der Waals surface area contributed by atoms with E-state index >= 15 is 0 Å². The fourth-order valence-electron chi connectivity index (χ4n) is 1.62. The Hall–Kier alpha value is -0.810. The van der Waals surface area contributed by atoms with Crippen molar-refractivity contribution in [3.8, 4) is 6.07 Å². The SMILES string of the molecule is C/C(C#N)=C1\CCCC(O)CC1. The van der Waals surface area contributed by atoms with Crippen LogP contribution in [0.1, 0.15) is 39.0 Å². The number of nitrogens with zero attached hydrogens (tertiary/aromatic N) is 1. The molecule has 1 aliphatic rings. The molecule has 0 saturated heterocycles. The Labute approximate surface area is 73.5 Å². The predicted octanol–water partition coefficient (Wildman–Crippen LogP) is 2.15. The van der Waals surface area contributed by atoms with E-state index in [1.165, 1.54) is 5.57 Å². The molecule has 66 valence electrons. The summed E-state index contributed by atoms with van der Waals surface area (Å²) >= 11 is 0. The first-order valence-electron chi connectivity index (χ1n) is 4.51. The van der Waals surface area contributed by atoms with Crippen LogP contribution in [0.3, 0.4) is 0 Å². The molecular formula is C10H15NO. The quantitative estimate of drug-likeness (QED) is 0.441. The molecule has 12 heavy (non-hydrogen) atoms. The highest BCUT2D eigenvalue weighted by Gasteiger charge is 2.13. The number of aliphatic hydroxyl groups is 1. The standard InChI is InChI=1S/C10H15NO/c1-8(7-11)9-3-2-4-10(12)6-5-9/h10,12H,2-6H2,1H3/b9-8-. The van der Waals surface area contributed by atoms with Crippen LogP contribution in [0.4, 0.5) is 0 Å². The Bertz CT molecular complexity index is 224. The lowest BCUT2D eigenvalue weighted by atomic mass is 10.0. The van der Waals surface area contributed by atoms with E-state index in [0.29, 0.717) is 0 Å². The van der Waals surface area contributed by atoms with Gasteiger partial charge < -0.3 is 5.11 Å². The van der Waals surface area contributed by atoms with Crippen molar-refractivity contribution in [3.05, 3.63) is 11.1 Å². The van der Waals surface area contributed by atoms with Crippen LogP contribution in [0.5, 0.6) is 0 Å². The van der Waals surface area contributed by atoms with Gasteiger partial charge in [-0.3, -0.25) is 0 Å². The normalized spacial score (nSPS) is 28.9. The monoisotopic (exact) mass is 165 g/mol. The summed E-state index contributed by atoms with van der Waals surface area (Å²) in [5.74, 6) is 0. The van der Waals surface area contributed by atoms with Crippen LogP contribution >= 0.6 is 0 Å². The van der Waals surface area contributed by atoms with E-state index in [1.807, 2.05) is 6.92 Å². The van der Waals surface area contributed by atoms with Crippen molar-refractivity contribution in [2.24, 2.45) is 0 Å². The molecule has 1 atom stereocenters. The molecule has 0 aromatic rings. The molecule has 0 amide bonds. The van der Waals surface area contributed by atoms with Gasteiger partial charge in [0.05, 0.1) is 12.2 Å². The van der Waals surface area contributed by atoms with Gasteiger partial charge in [-0.25, -0.2) is 0 Å². The van der Waals surface area contributed by atoms with Crippen LogP contribution in [-0.4, -0.2) is 11.2 Å². The van der Waals surface area contributed by atoms with Gasteiger partial charge in [-0.2, -0.15) is 5.26 Å². The van der Waals surface area contributed by atoms with Gasteiger partial charge in [-0.15, -0.1) is 0 Å². The topological polar surface area (TPSA) is 44.0 Å². The summed E-state index contributed by atoms with van der Waals surface area (Å²) in [6.45, 7) is 1.87. The second-order valence-electron chi connectivity index (χ2n) is 3.43. The molecule has 0 aliphatic heterocycles. The smallest absolute Gasteiger partial charge is 0.0943 e. The number of nitriles is 1. The van der Waals surface area contributed by atoms with E-state index < -0.39 is 0 Å². The van der Waals surface area contributed by atoms with Gasteiger partial charge in [0.2, 0.25) is 0 Å². The van der Waals surface area contributed by atoms with Gasteiger partial charge in [0.25, 0.3) is 0 Å². The van der Waals surface area contributed by atoms with Gasteiger partial charge in [0.15, 0.2) is 0 Å². The first-order chi connectivity index (χ1) is 5.74. The lowest BCUT2D eigenvalue weighted by Gasteiger charge is -2.03. The van der Waals surface area contributed by atoms with Gasteiger partial charge in [-0.05, 0) is 39.0 Å². The van der Waals surface area contributed by atoms with Crippen molar-refractivity contribution >= 4 is 0 Å². The molecule has 1 N–H and O–H groups in total. The predicted molar refractivity (Wildman–Crippen MR) is 47.4 cm³/mol. The van der Waals surface area contributed by atoms with Crippen molar-refractivity contribution in [1.29, 1.82) is 5.26 Å². The van der Waals surface area contributed by atoms with Crippen LogP contribution in [0.25, 0.3) is 0 Å². The minimum absolute atomic E-state index is 0.144. The minimum Gasteiger partial charge on any atom is -0.393 e. The average molecular weight is 165 g/mol. The summed E-state index contributed by atoms with van der Waals surface area (Å²) in [5.41, 5.74) is 2.10. The van der Waals surface area contributed by atoms with E-state index in [0.717, 1.165) is 37.7 Å². The van der Waals surface area contributed by atoms with E-state index in [4.69, 9.17) is 5.26 Å². The molecule has 1 aliphatic carbocycles. The Kier molecular flexibility index (Phi) is 3.31.